The Bertz CT molecular complexity index is 351. The van der Waals surface area contributed by atoms with Crippen molar-refractivity contribution >= 4 is 5.91 Å². The topological polar surface area (TPSA) is 57.5 Å². The Morgan fingerprint density at radius 1 is 1.71 bits per heavy atom. The molecule has 5 heteroatoms. The zero-order valence-corrected chi connectivity index (χ0v) is 10.1. The fraction of sp³-hybridized carbons (Fsp3) is 0.583. The van der Waals surface area contributed by atoms with Crippen molar-refractivity contribution in [1.29, 1.82) is 0 Å². The number of hydrogen-bond donors (Lipinski definition) is 2. The zero-order chi connectivity index (χ0) is 12.1. The maximum atomic E-state index is 11.7. The molecular weight excluding hydrogens is 218 g/mol. The van der Waals surface area contributed by atoms with Gasteiger partial charge in [0.25, 0.3) is 0 Å². The molecule has 94 valence electrons. The average molecular weight is 237 g/mol. The fourth-order valence-corrected chi connectivity index (χ4v) is 1.96. The van der Waals surface area contributed by atoms with Crippen LogP contribution in [0.15, 0.2) is 22.8 Å². The number of furan rings is 1. The maximum Gasteiger partial charge on any atom is 0.234 e. The molecule has 1 aromatic rings. The summed E-state index contributed by atoms with van der Waals surface area (Å²) < 4.78 is 5.16. The van der Waals surface area contributed by atoms with Crippen molar-refractivity contribution in [3.63, 3.8) is 0 Å². The van der Waals surface area contributed by atoms with Gasteiger partial charge in [0, 0.05) is 25.7 Å². The second kappa shape index (κ2) is 5.84. The third kappa shape index (κ3) is 3.57. The lowest BCUT2D eigenvalue weighted by Crippen LogP contribution is -2.52. The molecule has 1 aliphatic heterocycles. The zero-order valence-electron chi connectivity index (χ0n) is 10.1. The van der Waals surface area contributed by atoms with E-state index in [4.69, 9.17) is 4.42 Å². The van der Waals surface area contributed by atoms with E-state index in [1.165, 1.54) is 0 Å². The van der Waals surface area contributed by atoms with Gasteiger partial charge >= 0.3 is 0 Å². The lowest BCUT2D eigenvalue weighted by atomic mass is 10.2. The molecule has 2 heterocycles. The normalized spacial score (nSPS) is 21.4. The van der Waals surface area contributed by atoms with Crippen molar-refractivity contribution in [3.05, 3.63) is 24.2 Å². The van der Waals surface area contributed by atoms with Crippen molar-refractivity contribution in [2.75, 3.05) is 26.2 Å². The Hall–Kier alpha value is -1.33. The van der Waals surface area contributed by atoms with Gasteiger partial charge in [-0.15, -0.1) is 0 Å². The van der Waals surface area contributed by atoms with Gasteiger partial charge in [-0.05, 0) is 19.1 Å². The molecule has 2 rings (SSSR count). The van der Waals surface area contributed by atoms with E-state index >= 15 is 0 Å². The van der Waals surface area contributed by atoms with E-state index in [2.05, 4.69) is 22.5 Å². The van der Waals surface area contributed by atoms with Crippen LogP contribution in [0.2, 0.25) is 0 Å². The molecule has 1 aliphatic rings. The summed E-state index contributed by atoms with van der Waals surface area (Å²) in [5.74, 6) is 0.835. The third-order valence-corrected chi connectivity index (χ3v) is 3.03. The van der Waals surface area contributed by atoms with Crippen molar-refractivity contribution in [3.8, 4) is 0 Å². The highest BCUT2D eigenvalue weighted by molar-refractivity contribution is 5.78. The molecule has 5 nitrogen and oxygen atoms in total. The first-order valence-corrected chi connectivity index (χ1v) is 5.99. The van der Waals surface area contributed by atoms with Crippen LogP contribution in [0.5, 0.6) is 0 Å². The second-order valence-electron chi connectivity index (χ2n) is 4.38. The van der Waals surface area contributed by atoms with Gasteiger partial charge in [0.1, 0.15) is 5.76 Å². The average Bonchev–Trinajstić information content (AvgIpc) is 2.82. The number of piperazine rings is 1. The van der Waals surface area contributed by atoms with E-state index in [-0.39, 0.29) is 5.91 Å². The highest BCUT2D eigenvalue weighted by Crippen LogP contribution is 2.02. The van der Waals surface area contributed by atoms with Gasteiger partial charge < -0.3 is 15.1 Å². The summed E-state index contributed by atoms with van der Waals surface area (Å²) >= 11 is 0. The van der Waals surface area contributed by atoms with Gasteiger partial charge in [-0.3, -0.25) is 9.69 Å². The van der Waals surface area contributed by atoms with E-state index in [0.29, 0.717) is 19.1 Å². The second-order valence-corrected chi connectivity index (χ2v) is 4.38. The van der Waals surface area contributed by atoms with E-state index in [0.717, 1.165) is 25.4 Å². The first-order valence-electron chi connectivity index (χ1n) is 5.99. The predicted octanol–water partition coefficient (Wildman–Crippen LogP) is 0.190. The monoisotopic (exact) mass is 237 g/mol. The van der Waals surface area contributed by atoms with Crippen LogP contribution in [0.25, 0.3) is 0 Å². The highest BCUT2D eigenvalue weighted by Gasteiger charge is 2.19. The van der Waals surface area contributed by atoms with Crippen LogP contribution in [0.4, 0.5) is 0 Å². The Balaban J connectivity index is 1.73. The predicted molar refractivity (Wildman–Crippen MR) is 64.5 cm³/mol. The summed E-state index contributed by atoms with van der Waals surface area (Å²) in [5, 5.41) is 6.16. The molecule has 2 N–H and O–H groups in total. The van der Waals surface area contributed by atoms with Crippen molar-refractivity contribution in [2.24, 2.45) is 0 Å². The summed E-state index contributed by atoms with van der Waals surface area (Å²) in [4.78, 5) is 13.9. The number of nitrogens with one attached hydrogen (secondary N) is 2. The molecule has 1 unspecified atom stereocenters. The minimum absolute atomic E-state index is 0.0511. The van der Waals surface area contributed by atoms with Gasteiger partial charge in [0.15, 0.2) is 0 Å². The van der Waals surface area contributed by atoms with Gasteiger partial charge in [0.05, 0.1) is 19.4 Å². The Labute approximate surface area is 101 Å². The quantitative estimate of drug-likeness (QED) is 0.785. The van der Waals surface area contributed by atoms with Crippen LogP contribution >= 0.6 is 0 Å². The molecule has 1 amide bonds. The highest BCUT2D eigenvalue weighted by atomic mass is 16.3. The summed E-state index contributed by atoms with van der Waals surface area (Å²) in [6, 6.07) is 4.09. The molecule has 0 spiro atoms. The molecule has 0 radical (unpaired) electrons. The number of hydrogen-bond acceptors (Lipinski definition) is 4. The number of nitrogens with zero attached hydrogens (tertiary/aromatic N) is 1. The first-order chi connectivity index (χ1) is 8.25. The van der Waals surface area contributed by atoms with Crippen LogP contribution < -0.4 is 10.6 Å². The minimum atomic E-state index is 0.0511. The minimum Gasteiger partial charge on any atom is -0.467 e. The summed E-state index contributed by atoms with van der Waals surface area (Å²) in [6.07, 6.45) is 1.61. The van der Waals surface area contributed by atoms with Crippen LogP contribution in [-0.2, 0) is 11.3 Å². The molecule has 1 fully saturated rings. The van der Waals surface area contributed by atoms with Crippen LogP contribution in [0.1, 0.15) is 12.7 Å². The SMILES string of the molecule is CC1CNCCN1CC(=O)NCc1ccco1. The van der Waals surface area contributed by atoms with Gasteiger partial charge in [-0.2, -0.15) is 0 Å². The van der Waals surface area contributed by atoms with Gasteiger partial charge in [-0.25, -0.2) is 0 Å². The number of amides is 1. The Morgan fingerprint density at radius 3 is 3.29 bits per heavy atom. The standard InChI is InChI=1S/C12H19N3O2/c1-10-7-13-4-5-15(10)9-12(16)14-8-11-3-2-6-17-11/h2-3,6,10,13H,4-5,7-9H2,1H3,(H,14,16). The molecule has 0 bridgehead atoms. The number of rotatable bonds is 4. The van der Waals surface area contributed by atoms with Crippen molar-refractivity contribution in [2.45, 2.75) is 19.5 Å². The number of carbonyl (C=O) groups is 1. The third-order valence-electron chi connectivity index (χ3n) is 3.03. The molecular formula is C12H19N3O2. The van der Waals surface area contributed by atoms with E-state index < -0.39 is 0 Å². The van der Waals surface area contributed by atoms with Gasteiger partial charge in [0.2, 0.25) is 5.91 Å². The number of carbonyl (C=O) groups excluding carboxylic acids is 1. The Morgan fingerprint density at radius 2 is 2.59 bits per heavy atom. The van der Waals surface area contributed by atoms with Crippen LogP contribution in [0.3, 0.4) is 0 Å². The lowest BCUT2D eigenvalue weighted by Gasteiger charge is -2.33. The molecule has 0 saturated carbocycles. The maximum absolute atomic E-state index is 11.7. The molecule has 17 heavy (non-hydrogen) atoms. The summed E-state index contributed by atoms with van der Waals surface area (Å²) in [7, 11) is 0. The molecule has 0 aliphatic carbocycles. The van der Waals surface area contributed by atoms with Crippen LogP contribution in [0, 0.1) is 0 Å². The molecule has 1 atom stereocenters. The fourth-order valence-electron chi connectivity index (χ4n) is 1.96. The lowest BCUT2D eigenvalue weighted by molar-refractivity contribution is -0.123. The van der Waals surface area contributed by atoms with E-state index in [9.17, 15) is 4.79 Å². The van der Waals surface area contributed by atoms with E-state index in [1.807, 2.05) is 12.1 Å². The summed E-state index contributed by atoms with van der Waals surface area (Å²) in [6.45, 7) is 5.89. The molecule has 0 aromatic carbocycles. The largest absolute Gasteiger partial charge is 0.467 e. The van der Waals surface area contributed by atoms with Crippen LogP contribution in [-0.4, -0.2) is 43.0 Å². The smallest absolute Gasteiger partial charge is 0.234 e. The Kier molecular flexibility index (Phi) is 4.17. The van der Waals surface area contributed by atoms with E-state index in [1.54, 1.807) is 6.26 Å². The van der Waals surface area contributed by atoms with Gasteiger partial charge in [-0.1, -0.05) is 0 Å². The van der Waals surface area contributed by atoms with Crippen molar-refractivity contribution < 1.29 is 9.21 Å². The van der Waals surface area contributed by atoms with Crippen molar-refractivity contribution in [1.82, 2.24) is 15.5 Å². The first kappa shape index (κ1) is 12.1. The molecule has 1 aromatic heterocycles. The molecule has 1 saturated heterocycles. The summed E-state index contributed by atoms with van der Waals surface area (Å²) in [5.41, 5.74) is 0.